The van der Waals surface area contributed by atoms with E-state index in [4.69, 9.17) is 0 Å². The van der Waals surface area contributed by atoms with Crippen LogP contribution in [0.3, 0.4) is 0 Å². The van der Waals surface area contributed by atoms with Crippen LogP contribution in [0.2, 0.25) is 0 Å². The summed E-state index contributed by atoms with van der Waals surface area (Å²) in [7, 11) is 0. The Labute approximate surface area is 169 Å². The van der Waals surface area contributed by atoms with E-state index in [0.717, 1.165) is 6.42 Å². The van der Waals surface area contributed by atoms with Gasteiger partial charge in [0.25, 0.3) is 5.56 Å². The van der Waals surface area contributed by atoms with Crippen LogP contribution in [0.5, 0.6) is 0 Å². The zero-order valence-corrected chi connectivity index (χ0v) is 17.4. The molecule has 2 saturated heterocycles. The summed E-state index contributed by atoms with van der Waals surface area (Å²) in [5, 5.41) is 2.98. The molecule has 160 valence electrons. The molecule has 29 heavy (non-hydrogen) atoms. The molecule has 2 aliphatic heterocycles. The minimum atomic E-state index is -0.811. The maximum Gasteiger partial charge on any atom is 0.325 e. The molecule has 2 aliphatic rings. The van der Waals surface area contributed by atoms with Crippen molar-refractivity contribution in [2.45, 2.75) is 64.6 Å². The van der Waals surface area contributed by atoms with E-state index in [2.05, 4.69) is 20.2 Å². The first-order chi connectivity index (χ1) is 13.8. The van der Waals surface area contributed by atoms with Gasteiger partial charge in [-0.25, -0.2) is 4.79 Å². The molecule has 1 aromatic rings. The van der Waals surface area contributed by atoms with Gasteiger partial charge in [-0.3, -0.25) is 24.3 Å². The van der Waals surface area contributed by atoms with Crippen LogP contribution >= 0.6 is 0 Å². The van der Waals surface area contributed by atoms with Crippen molar-refractivity contribution < 1.29 is 9.59 Å². The fraction of sp³-hybridized carbons (Fsp3) is 0.700. The van der Waals surface area contributed by atoms with Crippen LogP contribution in [0.15, 0.2) is 15.8 Å². The molecule has 0 bridgehead atoms. The number of carbonyl (C=O) groups is 2. The third kappa shape index (κ3) is 4.29. The van der Waals surface area contributed by atoms with Gasteiger partial charge < -0.3 is 15.2 Å². The van der Waals surface area contributed by atoms with Crippen molar-refractivity contribution in [1.82, 2.24) is 25.1 Å². The summed E-state index contributed by atoms with van der Waals surface area (Å²) in [6, 6.07) is -0.447. The van der Waals surface area contributed by atoms with Crippen LogP contribution in [-0.2, 0) is 16.1 Å². The van der Waals surface area contributed by atoms with Gasteiger partial charge in [0.15, 0.2) is 0 Å². The van der Waals surface area contributed by atoms with E-state index in [1.54, 1.807) is 0 Å². The van der Waals surface area contributed by atoms with Gasteiger partial charge in [0, 0.05) is 37.9 Å². The van der Waals surface area contributed by atoms with Crippen molar-refractivity contribution in [3.8, 4) is 0 Å². The van der Waals surface area contributed by atoms with Crippen molar-refractivity contribution >= 4 is 11.8 Å². The number of piperazine rings is 1. The van der Waals surface area contributed by atoms with Crippen molar-refractivity contribution in [2.75, 3.05) is 19.6 Å². The fourth-order valence-electron chi connectivity index (χ4n) is 4.43. The highest BCUT2D eigenvalue weighted by atomic mass is 16.2. The predicted octanol–water partition coefficient (Wildman–Crippen LogP) is 0.181. The Bertz CT molecular complexity index is 866. The number of piperidine rings is 1. The minimum Gasteiger partial charge on any atom is -0.342 e. The summed E-state index contributed by atoms with van der Waals surface area (Å²) >= 11 is 0. The summed E-state index contributed by atoms with van der Waals surface area (Å²) in [5.41, 5.74) is -1.26. The van der Waals surface area contributed by atoms with Gasteiger partial charge in [-0.15, -0.1) is 0 Å². The average Bonchev–Trinajstić information content (AvgIpc) is 2.66. The molecule has 1 unspecified atom stereocenters. The topological polar surface area (TPSA) is 118 Å². The van der Waals surface area contributed by atoms with E-state index in [1.165, 1.54) is 6.20 Å². The van der Waals surface area contributed by atoms with Crippen molar-refractivity contribution in [3.05, 3.63) is 32.6 Å². The summed E-state index contributed by atoms with van der Waals surface area (Å²) in [5.74, 6) is 0.280. The maximum absolute atomic E-state index is 13.1. The number of aromatic nitrogens is 2. The van der Waals surface area contributed by atoms with E-state index < -0.39 is 22.8 Å². The molecule has 9 heteroatoms. The normalized spacial score (nSPS) is 22.3. The van der Waals surface area contributed by atoms with Crippen LogP contribution in [-0.4, -0.2) is 62.8 Å². The Hall–Kier alpha value is -2.42. The second-order valence-corrected chi connectivity index (χ2v) is 8.55. The van der Waals surface area contributed by atoms with Gasteiger partial charge in [-0.05, 0) is 31.6 Å². The third-order valence-electron chi connectivity index (χ3n) is 5.94. The second kappa shape index (κ2) is 8.52. The summed E-state index contributed by atoms with van der Waals surface area (Å²) < 4.78 is 0. The maximum atomic E-state index is 13.1. The second-order valence-electron chi connectivity index (χ2n) is 8.55. The van der Waals surface area contributed by atoms with Gasteiger partial charge >= 0.3 is 5.69 Å². The molecule has 0 saturated carbocycles. The number of nitrogens with zero attached hydrogens (tertiary/aromatic N) is 2. The number of nitrogens with one attached hydrogen (secondary N) is 3. The standard InChI is InChI=1S/C20H31N5O4/c1-4-7-25-17(27)15(10-13(2)3)22-18(28)20(25)5-8-24(9-6-20)12-14-11-21-19(29)23-16(14)26/h11,13,15H,4-10,12H2,1-3H3,(H,22,28)(H2,21,23,26,29). The van der Waals surface area contributed by atoms with Crippen molar-refractivity contribution in [1.29, 1.82) is 0 Å². The Kier molecular flexibility index (Phi) is 6.26. The smallest absolute Gasteiger partial charge is 0.325 e. The lowest BCUT2D eigenvalue weighted by Crippen LogP contribution is -2.73. The summed E-state index contributed by atoms with van der Waals surface area (Å²) in [6.45, 7) is 8.25. The van der Waals surface area contributed by atoms with E-state index >= 15 is 0 Å². The largest absolute Gasteiger partial charge is 0.342 e. The van der Waals surface area contributed by atoms with Crippen LogP contribution < -0.4 is 16.6 Å². The third-order valence-corrected chi connectivity index (χ3v) is 5.94. The average molecular weight is 405 g/mol. The van der Waals surface area contributed by atoms with Gasteiger partial charge in [0.2, 0.25) is 11.8 Å². The summed E-state index contributed by atoms with van der Waals surface area (Å²) in [4.78, 5) is 58.0. The number of H-pyrrole nitrogens is 2. The molecular weight excluding hydrogens is 374 g/mol. The molecule has 3 rings (SSSR count). The first-order valence-corrected chi connectivity index (χ1v) is 10.4. The zero-order valence-electron chi connectivity index (χ0n) is 17.4. The van der Waals surface area contributed by atoms with Gasteiger partial charge in [0.05, 0.1) is 0 Å². The number of amides is 2. The molecule has 3 heterocycles. The molecule has 1 spiro atoms. The lowest BCUT2D eigenvalue weighted by molar-refractivity contribution is -0.161. The number of carbonyl (C=O) groups excluding carboxylic acids is 2. The van der Waals surface area contributed by atoms with Crippen molar-refractivity contribution in [3.63, 3.8) is 0 Å². The zero-order chi connectivity index (χ0) is 21.2. The quantitative estimate of drug-likeness (QED) is 0.624. The van der Waals surface area contributed by atoms with E-state index in [9.17, 15) is 19.2 Å². The van der Waals surface area contributed by atoms with E-state index in [-0.39, 0.29) is 11.8 Å². The highest BCUT2D eigenvalue weighted by molar-refractivity contribution is 6.00. The molecule has 0 radical (unpaired) electrons. The highest BCUT2D eigenvalue weighted by Crippen LogP contribution is 2.34. The molecule has 1 atom stereocenters. The van der Waals surface area contributed by atoms with Gasteiger partial charge in [0.1, 0.15) is 11.6 Å². The Morgan fingerprint density at radius 1 is 1.17 bits per heavy atom. The number of hydrogen-bond donors (Lipinski definition) is 3. The first-order valence-electron chi connectivity index (χ1n) is 10.4. The molecule has 0 aromatic carbocycles. The highest BCUT2D eigenvalue weighted by Gasteiger charge is 2.53. The molecule has 1 aromatic heterocycles. The monoisotopic (exact) mass is 405 g/mol. The SMILES string of the molecule is CCCN1C(=O)C(CC(C)C)NC(=O)C12CCN(Cc1c[nH]c(=O)[nH]c1=O)CC2. The number of aromatic amines is 2. The van der Waals surface area contributed by atoms with Crippen LogP contribution in [0.25, 0.3) is 0 Å². The Morgan fingerprint density at radius 3 is 2.45 bits per heavy atom. The van der Waals surface area contributed by atoms with Gasteiger partial charge in [-0.1, -0.05) is 20.8 Å². The lowest BCUT2D eigenvalue weighted by atomic mass is 9.80. The predicted molar refractivity (Wildman–Crippen MR) is 108 cm³/mol. The van der Waals surface area contributed by atoms with E-state index in [0.29, 0.717) is 56.9 Å². The van der Waals surface area contributed by atoms with Crippen LogP contribution in [0.4, 0.5) is 0 Å². The molecule has 3 N–H and O–H groups in total. The molecule has 2 fully saturated rings. The van der Waals surface area contributed by atoms with Crippen molar-refractivity contribution in [2.24, 2.45) is 5.92 Å². The first kappa shape index (κ1) is 21.3. The number of hydrogen-bond acceptors (Lipinski definition) is 5. The molecule has 9 nitrogen and oxygen atoms in total. The molecular formula is C20H31N5O4. The number of likely N-dealkylation sites (tertiary alicyclic amines) is 1. The molecule has 0 aliphatic carbocycles. The number of rotatable bonds is 6. The lowest BCUT2D eigenvalue weighted by Gasteiger charge is -2.51. The van der Waals surface area contributed by atoms with Crippen LogP contribution in [0.1, 0.15) is 52.0 Å². The Balaban J connectivity index is 1.74. The van der Waals surface area contributed by atoms with Gasteiger partial charge in [-0.2, -0.15) is 0 Å². The summed E-state index contributed by atoms with van der Waals surface area (Å²) in [6.07, 6.45) is 3.93. The minimum absolute atomic E-state index is 0.0191. The van der Waals surface area contributed by atoms with E-state index in [1.807, 2.05) is 25.7 Å². The fourth-order valence-corrected chi connectivity index (χ4v) is 4.43. The van der Waals surface area contributed by atoms with Crippen LogP contribution in [0, 0.1) is 5.92 Å². The Morgan fingerprint density at radius 2 is 1.86 bits per heavy atom. The molecule has 2 amide bonds.